The van der Waals surface area contributed by atoms with Crippen LogP contribution >= 0.6 is 0 Å². The molecule has 2 rings (SSSR count). The highest BCUT2D eigenvalue weighted by Crippen LogP contribution is 2.35. The van der Waals surface area contributed by atoms with Gasteiger partial charge in [0, 0.05) is 11.6 Å². The zero-order chi connectivity index (χ0) is 15.2. The molecule has 2 aromatic carbocycles. The average Bonchev–Trinajstić information content (AvgIpc) is 2.54. The molecule has 0 saturated carbocycles. The number of rotatable bonds is 6. The Morgan fingerprint density at radius 1 is 1.00 bits per heavy atom. The molecule has 4 nitrogen and oxygen atoms in total. The summed E-state index contributed by atoms with van der Waals surface area (Å²) in [6.07, 6.45) is -0.238. The maximum absolute atomic E-state index is 10.5. The van der Waals surface area contributed by atoms with E-state index in [9.17, 15) is 5.11 Å². The third-order valence-corrected chi connectivity index (χ3v) is 3.47. The lowest BCUT2D eigenvalue weighted by atomic mass is 9.96. The molecular weight excluding hydrogens is 266 g/mol. The molecule has 2 atom stereocenters. The maximum atomic E-state index is 10.5. The number of benzene rings is 2. The number of para-hydroxylation sites is 1. The molecule has 0 amide bonds. The zero-order valence-corrected chi connectivity index (χ0v) is 12.3. The molecule has 0 aliphatic heterocycles. The summed E-state index contributed by atoms with van der Waals surface area (Å²) in [7, 11) is 3.12. The van der Waals surface area contributed by atoms with Crippen LogP contribution in [0.3, 0.4) is 0 Å². The third kappa shape index (κ3) is 3.54. The van der Waals surface area contributed by atoms with Crippen molar-refractivity contribution in [2.24, 2.45) is 5.73 Å². The van der Waals surface area contributed by atoms with Gasteiger partial charge in [0.2, 0.25) is 0 Å². The van der Waals surface area contributed by atoms with Crippen LogP contribution in [0.2, 0.25) is 0 Å². The van der Waals surface area contributed by atoms with E-state index in [0.29, 0.717) is 23.5 Å². The molecule has 21 heavy (non-hydrogen) atoms. The highest BCUT2D eigenvalue weighted by molar-refractivity contribution is 5.48. The molecule has 0 aliphatic carbocycles. The van der Waals surface area contributed by atoms with Gasteiger partial charge >= 0.3 is 0 Å². The summed E-state index contributed by atoms with van der Waals surface area (Å²) in [6, 6.07) is 14.8. The Balaban J connectivity index is 2.21. The first-order chi connectivity index (χ1) is 10.2. The van der Waals surface area contributed by atoms with E-state index in [4.69, 9.17) is 15.2 Å². The smallest absolute Gasteiger partial charge is 0.166 e. The molecule has 0 spiro atoms. The van der Waals surface area contributed by atoms with Gasteiger partial charge in [0.25, 0.3) is 0 Å². The minimum atomic E-state index is -0.824. The van der Waals surface area contributed by atoms with Crippen LogP contribution in [0.4, 0.5) is 0 Å². The molecular formula is C17H21NO3. The molecule has 2 unspecified atom stereocenters. The highest BCUT2D eigenvalue weighted by atomic mass is 16.5. The van der Waals surface area contributed by atoms with E-state index in [1.807, 2.05) is 36.4 Å². The molecule has 0 fully saturated rings. The minimum absolute atomic E-state index is 0.423. The number of aliphatic hydroxyl groups is 1. The summed E-state index contributed by atoms with van der Waals surface area (Å²) >= 11 is 0. The minimum Gasteiger partial charge on any atom is -0.493 e. The maximum Gasteiger partial charge on any atom is 0.166 e. The SMILES string of the molecule is COc1cccc(C(O)C(N)Cc2ccccc2)c1OC. The van der Waals surface area contributed by atoms with Crippen LogP contribution in [0.5, 0.6) is 11.5 Å². The van der Waals surface area contributed by atoms with E-state index in [1.165, 1.54) is 0 Å². The van der Waals surface area contributed by atoms with Gasteiger partial charge in [0.05, 0.1) is 20.3 Å². The lowest BCUT2D eigenvalue weighted by Crippen LogP contribution is -2.31. The van der Waals surface area contributed by atoms with Crippen molar-refractivity contribution < 1.29 is 14.6 Å². The summed E-state index contributed by atoms with van der Waals surface area (Å²) in [4.78, 5) is 0. The molecule has 112 valence electrons. The topological polar surface area (TPSA) is 64.7 Å². The van der Waals surface area contributed by atoms with E-state index in [2.05, 4.69) is 0 Å². The summed E-state index contributed by atoms with van der Waals surface area (Å²) < 4.78 is 10.6. The fourth-order valence-electron chi connectivity index (χ4n) is 2.37. The van der Waals surface area contributed by atoms with Gasteiger partial charge in [-0.2, -0.15) is 0 Å². The molecule has 4 heteroatoms. The fraction of sp³-hybridized carbons (Fsp3) is 0.294. The van der Waals surface area contributed by atoms with Crippen LogP contribution < -0.4 is 15.2 Å². The number of hydrogen-bond donors (Lipinski definition) is 2. The molecule has 0 saturated heterocycles. The Morgan fingerprint density at radius 3 is 2.33 bits per heavy atom. The number of methoxy groups -OCH3 is 2. The highest BCUT2D eigenvalue weighted by Gasteiger charge is 2.22. The zero-order valence-electron chi connectivity index (χ0n) is 12.3. The van der Waals surface area contributed by atoms with E-state index < -0.39 is 12.1 Å². The summed E-state index contributed by atoms with van der Waals surface area (Å²) in [6.45, 7) is 0. The van der Waals surface area contributed by atoms with E-state index >= 15 is 0 Å². The van der Waals surface area contributed by atoms with Gasteiger partial charge in [-0.3, -0.25) is 0 Å². The molecule has 0 bridgehead atoms. The van der Waals surface area contributed by atoms with Crippen LogP contribution in [-0.2, 0) is 6.42 Å². The Hall–Kier alpha value is -2.04. The van der Waals surface area contributed by atoms with Gasteiger partial charge in [-0.25, -0.2) is 0 Å². The monoisotopic (exact) mass is 287 g/mol. The second-order valence-electron chi connectivity index (χ2n) is 4.88. The summed E-state index contributed by atoms with van der Waals surface area (Å²) in [5.41, 5.74) is 7.88. The van der Waals surface area contributed by atoms with Gasteiger partial charge in [0.15, 0.2) is 11.5 Å². The molecule has 3 N–H and O–H groups in total. The summed E-state index contributed by atoms with van der Waals surface area (Å²) in [5.74, 6) is 1.11. The lowest BCUT2D eigenvalue weighted by molar-refractivity contribution is 0.141. The second kappa shape index (κ2) is 7.11. The van der Waals surface area contributed by atoms with Crippen LogP contribution in [0, 0.1) is 0 Å². The Labute approximate surface area is 125 Å². The van der Waals surface area contributed by atoms with Gasteiger partial charge in [-0.05, 0) is 18.1 Å². The third-order valence-electron chi connectivity index (χ3n) is 3.47. The van der Waals surface area contributed by atoms with E-state index in [0.717, 1.165) is 5.56 Å². The van der Waals surface area contributed by atoms with Crippen molar-refractivity contribution in [3.63, 3.8) is 0 Å². The molecule has 2 aromatic rings. The van der Waals surface area contributed by atoms with Crippen molar-refractivity contribution in [2.75, 3.05) is 14.2 Å². The van der Waals surface area contributed by atoms with Crippen LogP contribution in [0.1, 0.15) is 17.2 Å². The van der Waals surface area contributed by atoms with Gasteiger partial charge in [-0.1, -0.05) is 42.5 Å². The first-order valence-corrected chi connectivity index (χ1v) is 6.85. The predicted octanol–water partition coefficient (Wildman–Crippen LogP) is 2.31. The molecule has 0 aliphatic rings. The first kappa shape index (κ1) is 15.4. The van der Waals surface area contributed by atoms with E-state index in [1.54, 1.807) is 26.4 Å². The Kier molecular flexibility index (Phi) is 5.20. The largest absolute Gasteiger partial charge is 0.493 e. The Morgan fingerprint density at radius 2 is 1.71 bits per heavy atom. The van der Waals surface area contributed by atoms with Gasteiger partial charge in [-0.15, -0.1) is 0 Å². The number of aliphatic hydroxyl groups excluding tert-OH is 1. The van der Waals surface area contributed by atoms with Crippen molar-refractivity contribution in [3.05, 3.63) is 59.7 Å². The first-order valence-electron chi connectivity index (χ1n) is 6.85. The van der Waals surface area contributed by atoms with Crippen LogP contribution in [-0.4, -0.2) is 25.4 Å². The lowest BCUT2D eigenvalue weighted by Gasteiger charge is -2.22. The second-order valence-corrected chi connectivity index (χ2v) is 4.88. The summed E-state index contributed by atoms with van der Waals surface area (Å²) in [5, 5.41) is 10.5. The van der Waals surface area contributed by atoms with Crippen molar-refractivity contribution in [1.29, 1.82) is 0 Å². The van der Waals surface area contributed by atoms with Crippen LogP contribution in [0.25, 0.3) is 0 Å². The molecule has 0 aromatic heterocycles. The molecule has 0 radical (unpaired) electrons. The van der Waals surface area contributed by atoms with Crippen molar-refractivity contribution in [3.8, 4) is 11.5 Å². The quantitative estimate of drug-likeness (QED) is 0.855. The van der Waals surface area contributed by atoms with Crippen molar-refractivity contribution in [2.45, 2.75) is 18.6 Å². The Bertz CT molecular complexity index is 572. The number of nitrogens with two attached hydrogens (primary N) is 1. The number of ether oxygens (including phenoxy) is 2. The predicted molar refractivity (Wildman–Crippen MR) is 82.6 cm³/mol. The van der Waals surface area contributed by atoms with Crippen molar-refractivity contribution >= 4 is 0 Å². The van der Waals surface area contributed by atoms with E-state index in [-0.39, 0.29) is 0 Å². The van der Waals surface area contributed by atoms with Gasteiger partial charge in [0.1, 0.15) is 0 Å². The standard InChI is InChI=1S/C17H21NO3/c1-20-15-10-6-9-13(17(15)21-2)16(19)14(18)11-12-7-4-3-5-8-12/h3-10,14,16,19H,11,18H2,1-2H3. The normalized spacial score (nSPS) is 13.5. The number of hydrogen-bond acceptors (Lipinski definition) is 4. The van der Waals surface area contributed by atoms with Crippen LogP contribution in [0.15, 0.2) is 48.5 Å². The van der Waals surface area contributed by atoms with Gasteiger partial charge < -0.3 is 20.3 Å². The fourth-order valence-corrected chi connectivity index (χ4v) is 2.37. The van der Waals surface area contributed by atoms with Crippen molar-refractivity contribution in [1.82, 2.24) is 0 Å². The molecule has 0 heterocycles. The average molecular weight is 287 g/mol.